The molecule has 0 aromatic heterocycles. The van der Waals surface area contributed by atoms with E-state index in [0.717, 1.165) is 4.31 Å². The first-order valence-corrected chi connectivity index (χ1v) is 9.66. The maximum Gasteiger partial charge on any atom is 0.243 e. The van der Waals surface area contributed by atoms with Gasteiger partial charge in [0, 0.05) is 24.4 Å². The van der Waals surface area contributed by atoms with Crippen molar-refractivity contribution in [2.75, 3.05) is 18.8 Å². The molecule has 0 bridgehead atoms. The predicted molar refractivity (Wildman–Crippen MR) is 78.5 cm³/mol. The van der Waals surface area contributed by atoms with Gasteiger partial charge in [-0.25, -0.2) is 16.8 Å². The number of sulfonamides is 1. The highest BCUT2D eigenvalue weighted by molar-refractivity contribution is 7.92. The Morgan fingerprint density at radius 1 is 1.24 bits per heavy atom. The summed E-state index contributed by atoms with van der Waals surface area (Å²) in [5.74, 6) is -0.215. The second-order valence-electron chi connectivity index (χ2n) is 4.98. The summed E-state index contributed by atoms with van der Waals surface area (Å²) >= 11 is 0. The lowest BCUT2D eigenvalue weighted by atomic mass is 10.2. The summed E-state index contributed by atoms with van der Waals surface area (Å²) in [6.07, 6.45) is 0. The highest BCUT2D eigenvalue weighted by atomic mass is 32.2. The van der Waals surface area contributed by atoms with Crippen LogP contribution in [-0.2, 0) is 19.9 Å². The molecule has 1 fully saturated rings. The summed E-state index contributed by atoms with van der Waals surface area (Å²) < 4.78 is 49.2. The molecule has 0 aliphatic carbocycles. The van der Waals surface area contributed by atoms with Gasteiger partial charge in [0.15, 0.2) is 15.6 Å². The van der Waals surface area contributed by atoms with Crippen LogP contribution >= 0.6 is 0 Å². The quantitative estimate of drug-likeness (QED) is 0.741. The van der Waals surface area contributed by atoms with Crippen LogP contribution in [0.3, 0.4) is 0 Å². The minimum atomic E-state index is -3.74. The summed E-state index contributed by atoms with van der Waals surface area (Å²) in [6.45, 7) is 2.85. The lowest BCUT2D eigenvalue weighted by molar-refractivity contribution is 0.101. The first kappa shape index (κ1) is 16.1. The molecule has 0 N–H and O–H groups in total. The Kier molecular flexibility index (Phi) is 4.23. The summed E-state index contributed by atoms with van der Waals surface area (Å²) in [5.41, 5.74) is 0.314. The molecule has 0 radical (unpaired) electrons. The van der Waals surface area contributed by atoms with Gasteiger partial charge in [-0.3, -0.25) is 4.79 Å². The fourth-order valence-electron chi connectivity index (χ4n) is 2.08. The summed E-state index contributed by atoms with van der Waals surface area (Å²) in [4.78, 5) is 11.3. The van der Waals surface area contributed by atoms with Gasteiger partial charge in [-0.2, -0.15) is 4.31 Å². The van der Waals surface area contributed by atoms with E-state index in [9.17, 15) is 21.6 Å². The van der Waals surface area contributed by atoms with Gasteiger partial charge in [0.05, 0.1) is 10.1 Å². The number of benzene rings is 1. The second kappa shape index (κ2) is 5.51. The molecule has 1 aliphatic heterocycles. The van der Waals surface area contributed by atoms with Crippen molar-refractivity contribution in [2.24, 2.45) is 0 Å². The van der Waals surface area contributed by atoms with E-state index in [1.165, 1.54) is 25.1 Å². The van der Waals surface area contributed by atoms with E-state index in [1.54, 1.807) is 13.0 Å². The lowest BCUT2D eigenvalue weighted by Crippen LogP contribution is -2.57. The molecular weight excluding hydrogens is 314 g/mol. The van der Waals surface area contributed by atoms with Crippen LogP contribution in [0.4, 0.5) is 0 Å². The van der Waals surface area contributed by atoms with Gasteiger partial charge in [0.1, 0.15) is 0 Å². The molecule has 1 aromatic rings. The van der Waals surface area contributed by atoms with E-state index < -0.39 is 25.1 Å². The van der Waals surface area contributed by atoms with E-state index in [-0.39, 0.29) is 29.5 Å². The smallest absolute Gasteiger partial charge is 0.243 e. The number of hydrogen-bond acceptors (Lipinski definition) is 5. The molecule has 0 unspecified atom stereocenters. The van der Waals surface area contributed by atoms with E-state index in [2.05, 4.69) is 0 Å². The standard InChI is InChI=1S/C13H17NO5S2/c1-3-20(16,17)13-8-14(9-13)21(18,19)12-6-4-5-11(7-12)10(2)15/h4-7,13H,3,8-9H2,1-2H3. The largest absolute Gasteiger partial charge is 0.295 e. The molecule has 1 aliphatic rings. The Bertz CT molecular complexity index is 762. The number of ketones is 1. The predicted octanol–water partition coefficient (Wildman–Crippen LogP) is 0.697. The van der Waals surface area contributed by atoms with Crippen molar-refractivity contribution in [1.29, 1.82) is 0 Å². The molecule has 1 aromatic carbocycles. The minimum Gasteiger partial charge on any atom is -0.295 e. The fraction of sp³-hybridized carbons (Fsp3) is 0.462. The fourth-order valence-corrected chi connectivity index (χ4v) is 5.14. The second-order valence-corrected chi connectivity index (χ2v) is 9.49. The number of carbonyl (C=O) groups excluding carboxylic acids is 1. The molecule has 1 saturated heterocycles. The van der Waals surface area contributed by atoms with Crippen molar-refractivity contribution in [3.63, 3.8) is 0 Å². The van der Waals surface area contributed by atoms with Crippen LogP contribution in [0, 0.1) is 0 Å². The van der Waals surface area contributed by atoms with Crippen LogP contribution < -0.4 is 0 Å². The van der Waals surface area contributed by atoms with Crippen molar-refractivity contribution in [3.8, 4) is 0 Å². The van der Waals surface area contributed by atoms with Gasteiger partial charge in [0.2, 0.25) is 10.0 Å². The minimum absolute atomic E-state index is 0.00533. The highest BCUT2D eigenvalue weighted by Gasteiger charge is 2.42. The highest BCUT2D eigenvalue weighted by Crippen LogP contribution is 2.26. The van der Waals surface area contributed by atoms with Gasteiger partial charge in [-0.15, -0.1) is 0 Å². The van der Waals surface area contributed by atoms with Gasteiger partial charge in [-0.05, 0) is 19.1 Å². The van der Waals surface area contributed by atoms with Crippen LogP contribution in [0.1, 0.15) is 24.2 Å². The van der Waals surface area contributed by atoms with Crippen molar-refractivity contribution in [1.82, 2.24) is 4.31 Å². The Morgan fingerprint density at radius 3 is 2.38 bits per heavy atom. The molecule has 0 saturated carbocycles. The summed E-state index contributed by atoms with van der Waals surface area (Å²) in [6, 6.07) is 5.77. The van der Waals surface area contributed by atoms with Crippen LogP contribution in [0.5, 0.6) is 0 Å². The van der Waals surface area contributed by atoms with E-state index in [0.29, 0.717) is 5.56 Å². The molecule has 8 heteroatoms. The first-order valence-electron chi connectivity index (χ1n) is 6.51. The van der Waals surface area contributed by atoms with Gasteiger partial charge < -0.3 is 0 Å². The Labute approximate surface area is 124 Å². The van der Waals surface area contributed by atoms with Gasteiger partial charge in [-0.1, -0.05) is 19.1 Å². The average molecular weight is 331 g/mol. The molecular formula is C13H17NO5S2. The number of nitrogens with zero attached hydrogens (tertiary/aromatic N) is 1. The molecule has 0 spiro atoms. The monoisotopic (exact) mass is 331 g/mol. The maximum absolute atomic E-state index is 12.4. The normalized spacial score (nSPS) is 17.4. The van der Waals surface area contributed by atoms with E-state index in [1.807, 2.05) is 0 Å². The number of sulfone groups is 1. The Balaban J connectivity index is 2.22. The van der Waals surface area contributed by atoms with Crippen LogP contribution in [0.25, 0.3) is 0 Å². The first-order chi connectivity index (χ1) is 9.68. The van der Waals surface area contributed by atoms with Crippen molar-refractivity contribution in [2.45, 2.75) is 24.0 Å². The van der Waals surface area contributed by atoms with Crippen LogP contribution in [0.2, 0.25) is 0 Å². The third kappa shape index (κ3) is 3.02. The Hall–Kier alpha value is -1.25. The van der Waals surface area contributed by atoms with Crippen molar-refractivity contribution in [3.05, 3.63) is 29.8 Å². The van der Waals surface area contributed by atoms with Crippen LogP contribution in [-0.4, -0.2) is 51.0 Å². The number of Topliss-reactive ketones (excluding diaryl/α,β-unsaturated/α-hetero) is 1. The molecule has 116 valence electrons. The average Bonchev–Trinajstić information content (AvgIpc) is 2.36. The van der Waals surface area contributed by atoms with E-state index >= 15 is 0 Å². The zero-order chi connectivity index (χ0) is 15.8. The number of hydrogen-bond donors (Lipinski definition) is 0. The molecule has 0 atom stereocenters. The van der Waals surface area contributed by atoms with Crippen LogP contribution in [0.15, 0.2) is 29.2 Å². The molecule has 6 nitrogen and oxygen atoms in total. The molecule has 21 heavy (non-hydrogen) atoms. The number of carbonyl (C=O) groups is 1. The summed E-state index contributed by atoms with van der Waals surface area (Å²) in [5, 5.41) is -0.631. The Morgan fingerprint density at radius 2 is 1.86 bits per heavy atom. The van der Waals surface area contributed by atoms with Gasteiger partial charge >= 0.3 is 0 Å². The van der Waals surface area contributed by atoms with Crippen molar-refractivity contribution >= 4 is 25.6 Å². The van der Waals surface area contributed by atoms with Gasteiger partial charge in [0.25, 0.3) is 0 Å². The molecule has 0 amide bonds. The molecule has 2 rings (SSSR count). The SMILES string of the molecule is CCS(=O)(=O)C1CN(S(=O)(=O)c2cccc(C(C)=O)c2)C1. The van der Waals surface area contributed by atoms with E-state index in [4.69, 9.17) is 0 Å². The molecule has 1 heterocycles. The lowest BCUT2D eigenvalue weighted by Gasteiger charge is -2.37. The third-order valence-electron chi connectivity index (χ3n) is 3.60. The number of rotatable bonds is 5. The third-order valence-corrected chi connectivity index (χ3v) is 7.55. The van der Waals surface area contributed by atoms with Crippen molar-refractivity contribution < 1.29 is 21.6 Å². The topological polar surface area (TPSA) is 88.6 Å². The summed E-state index contributed by atoms with van der Waals surface area (Å²) in [7, 11) is -6.96. The zero-order valence-electron chi connectivity index (χ0n) is 11.8. The maximum atomic E-state index is 12.4. The zero-order valence-corrected chi connectivity index (χ0v) is 13.4.